The second-order valence-corrected chi connectivity index (χ2v) is 6.25. The molecule has 23 heavy (non-hydrogen) atoms. The molecular weight excluding hydrogens is 288 g/mol. The van der Waals surface area contributed by atoms with Crippen molar-refractivity contribution in [2.75, 3.05) is 6.54 Å². The minimum absolute atomic E-state index is 0.0112. The van der Waals surface area contributed by atoms with E-state index < -0.39 is 0 Å². The van der Waals surface area contributed by atoms with Crippen molar-refractivity contribution >= 4 is 5.91 Å². The van der Waals surface area contributed by atoms with Gasteiger partial charge in [0.2, 0.25) is 0 Å². The summed E-state index contributed by atoms with van der Waals surface area (Å²) in [7, 11) is 0. The Kier molecular flexibility index (Phi) is 4.65. The van der Waals surface area contributed by atoms with Gasteiger partial charge in [0.1, 0.15) is 11.5 Å². The van der Waals surface area contributed by atoms with Crippen molar-refractivity contribution < 1.29 is 4.79 Å². The molecule has 0 N–H and O–H groups in total. The number of likely N-dealkylation sites (tertiary alicyclic amines) is 1. The molecule has 1 unspecified atom stereocenters. The second-order valence-electron chi connectivity index (χ2n) is 6.25. The van der Waals surface area contributed by atoms with Crippen LogP contribution in [0.4, 0.5) is 0 Å². The third kappa shape index (κ3) is 3.38. The summed E-state index contributed by atoms with van der Waals surface area (Å²) in [5.41, 5.74) is 1.58. The van der Waals surface area contributed by atoms with Gasteiger partial charge < -0.3 is 4.90 Å². The topological polar surface area (TPSA) is 59.0 Å². The van der Waals surface area contributed by atoms with E-state index in [0.29, 0.717) is 11.5 Å². The van der Waals surface area contributed by atoms with E-state index in [2.05, 4.69) is 15.0 Å². The molecule has 2 aromatic heterocycles. The number of hydrogen-bond donors (Lipinski definition) is 0. The van der Waals surface area contributed by atoms with Gasteiger partial charge in [-0.3, -0.25) is 9.78 Å². The molecule has 1 atom stereocenters. The highest BCUT2D eigenvalue weighted by molar-refractivity contribution is 5.92. The van der Waals surface area contributed by atoms with Gasteiger partial charge in [-0.15, -0.1) is 0 Å². The average molecular weight is 310 g/mol. The molecule has 1 fully saturated rings. The molecule has 0 saturated carbocycles. The maximum atomic E-state index is 13.0. The lowest BCUT2D eigenvalue weighted by molar-refractivity contribution is 0.0604. The van der Waals surface area contributed by atoms with Crippen molar-refractivity contribution in [1.29, 1.82) is 0 Å². The van der Waals surface area contributed by atoms with Crippen LogP contribution in [0.15, 0.2) is 36.8 Å². The summed E-state index contributed by atoms with van der Waals surface area (Å²) in [5.74, 6) is 0.909. The monoisotopic (exact) mass is 310 g/mol. The van der Waals surface area contributed by atoms with E-state index in [0.717, 1.165) is 31.4 Å². The van der Waals surface area contributed by atoms with Crippen molar-refractivity contribution in [3.05, 3.63) is 53.9 Å². The smallest absolute Gasteiger partial charge is 0.273 e. The fraction of sp³-hybridized carbons (Fsp3) is 0.444. The van der Waals surface area contributed by atoms with E-state index in [4.69, 9.17) is 0 Å². The Balaban J connectivity index is 1.88. The molecule has 1 aliphatic heterocycles. The summed E-state index contributed by atoms with van der Waals surface area (Å²) < 4.78 is 0. The number of hydrogen-bond acceptors (Lipinski definition) is 4. The predicted molar refractivity (Wildman–Crippen MR) is 88.0 cm³/mol. The molecule has 0 aromatic carbocycles. The molecule has 0 spiro atoms. The normalized spacial score (nSPS) is 18.2. The standard InChI is InChI=1S/C18H22N4O/c1-13(2)17-20-10-8-15(21-17)18(23)22-11-4-3-7-16(22)14-6-5-9-19-12-14/h5-6,8-10,12-13,16H,3-4,7,11H2,1-2H3. The maximum Gasteiger partial charge on any atom is 0.273 e. The number of nitrogens with zero attached hydrogens (tertiary/aromatic N) is 4. The van der Waals surface area contributed by atoms with Crippen LogP contribution in [0.25, 0.3) is 0 Å². The van der Waals surface area contributed by atoms with Crippen molar-refractivity contribution in [1.82, 2.24) is 19.9 Å². The van der Waals surface area contributed by atoms with Crippen LogP contribution < -0.4 is 0 Å². The fourth-order valence-corrected chi connectivity index (χ4v) is 3.01. The Morgan fingerprint density at radius 3 is 2.87 bits per heavy atom. The van der Waals surface area contributed by atoms with Crippen LogP contribution in [0, 0.1) is 0 Å². The highest BCUT2D eigenvalue weighted by Crippen LogP contribution is 2.31. The number of rotatable bonds is 3. The Morgan fingerprint density at radius 2 is 2.13 bits per heavy atom. The minimum atomic E-state index is -0.0112. The molecule has 3 rings (SSSR count). The lowest BCUT2D eigenvalue weighted by atomic mass is 9.96. The summed E-state index contributed by atoms with van der Waals surface area (Å²) in [4.78, 5) is 27.8. The van der Waals surface area contributed by atoms with E-state index in [1.54, 1.807) is 18.5 Å². The van der Waals surface area contributed by atoms with Crippen molar-refractivity contribution in [2.24, 2.45) is 0 Å². The van der Waals surface area contributed by atoms with Gasteiger partial charge in [0.25, 0.3) is 5.91 Å². The summed E-state index contributed by atoms with van der Waals surface area (Å²) in [6.07, 6.45) is 8.43. The van der Waals surface area contributed by atoms with Gasteiger partial charge in [0, 0.05) is 31.1 Å². The summed E-state index contributed by atoms with van der Waals surface area (Å²) in [6.45, 7) is 4.82. The molecule has 2 aromatic rings. The number of carbonyl (C=O) groups excluding carboxylic acids is 1. The summed E-state index contributed by atoms with van der Waals surface area (Å²) in [5, 5.41) is 0. The lowest BCUT2D eigenvalue weighted by Gasteiger charge is -2.35. The van der Waals surface area contributed by atoms with Crippen LogP contribution >= 0.6 is 0 Å². The number of pyridine rings is 1. The third-order valence-corrected chi connectivity index (χ3v) is 4.24. The first-order chi connectivity index (χ1) is 11.2. The van der Waals surface area contributed by atoms with E-state index in [1.165, 1.54) is 0 Å². The average Bonchev–Trinajstić information content (AvgIpc) is 2.62. The van der Waals surface area contributed by atoms with Crippen LogP contribution in [0.3, 0.4) is 0 Å². The second kappa shape index (κ2) is 6.86. The number of carbonyl (C=O) groups is 1. The lowest BCUT2D eigenvalue weighted by Crippen LogP contribution is -2.39. The summed E-state index contributed by atoms with van der Waals surface area (Å²) in [6, 6.07) is 5.77. The molecule has 1 aliphatic rings. The van der Waals surface area contributed by atoms with Crippen LogP contribution in [0.5, 0.6) is 0 Å². The zero-order valence-electron chi connectivity index (χ0n) is 13.6. The largest absolute Gasteiger partial charge is 0.330 e. The van der Waals surface area contributed by atoms with E-state index in [1.807, 2.05) is 37.1 Å². The van der Waals surface area contributed by atoms with E-state index >= 15 is 0 Å². The van der Waals surface area contributed by atoms with Gasteiger partial charge in [-0.25, -0.2) is 9.97 Å². The first kappa shape index (κ1) is 15.6. The molecule has 0 radical (unpaired) electrons. The molecule has 1 amide bonds. The summed E-state index contributed by atoms with van der Waals surface area (Å²) >= 11 is 0. The van der Waals surface area contributed by atoms with Crippen molar-refractivity contribution in [3.8, 4) is 0 Å². The third-order valence-electron chi connectivity index (χ3n) is 4.24. The molecule has 0 aliphatic carbocycles. The van der Waals surface area contributed by atoms with Crippen LogP contribution in [-0.4, -0.2) is 32.3 Å². The number of aromatic nitrogens is 3. The van der Waals surface area contributed by atoms with Crippen molar-refractivity contribution in [3.63, 3.8) is 0 Å². The Hall–Kier alpha value is -2.30. The first-order valence-corrected chi connectivity index (χ1v) is 8.20. The van der Waals surface area contributed by atoms with Crippen molar-refractivity contribution in [2.45, 2.75) is 45.1 Å². The Bertz CT molecular complexity index is 672. The van der Waals surface area contributed by atoms with Crippen LogP contribution in [0.2, 0.25) is 0 Å². The van der Waals surface area contributed by atoms with Gasteiger partial charge in [-0.1, -0.05) is 19.9 Å². The quantitative estimate of drug-likeness (QED) is 0.872. The van der Waals surface area contributed by atoms with Crippen LogP contribution in [-0.2, 0) is 0 Å². The van der Waals surface area contributed by atoms with Gasteiger partial charge in [-0.2, -0.15) is 0 Å². The highest BCUT2D eigenvalue weighted by Gasteiger charge is 2.29. The number of piperidine rings is 1. The zero-order valence-corrected chi connectivity index (χ0v) is 13.6. The maximum absolute atomic E-state index is 13.0. The fourth-order valence-electron chi connectivity index (χ4n) is 3.01. The Morgan fingerprint density at radius 1 is 1.26 bits per heavy atom. The van der Waals surface area contributed by atoms with Gasteiger partial charge in [0.15, 0.2) is 0 Å². The molecule has 3 heterocycles. The number of amides is 1. The molecular formula is C18H22N4O. The van der Waals surface area contributed by atoms with Gasteiger partial charge in [-0.05, 0) is 37.0 Å². The first-order valence-electron chi connectivity index (χ1n) is 8.20. The Labute approximate surface area is 136 Å². The minimum Gasteiger partial charge on any atom is -0.330 e. The van der Waals surface area contributed by atoms with E-state index in [-0.39, 0.29) is 17.9 Å². The van der Waals surface area contributed by atoms with Crippen LogP contribution in [0.1, 0.15) is 66.9 Å². The highest BCUT2D eigenvalue weighted by atomic mass is 16.2. The SMILES string of the molecule is CC(C)c1nccc(C(=O)N2CCCCC2c2cccnc2)n1. The van der Waals surface area contributed by atoms with Gasteiger partial charge in [0.05, 0.1) is 6.04 Å². The zero-order chi connectivity index (χ0) is 16.2. The predicted octanol–water partition coefficient (Wildman–Crippen LogP) is 3.36. The van der Waals surface area contributed by atoms with E-state index in [9.17, 15) is 4.79 Å². The molecule has 0 bridgehead atoms. The molecule has 1 saturated heterocycles. The molecule has 5 nitrogen and oxygen atoms in total. The molecule has 5 heteroatoms. The van der Waals surface area contributed by atoms with Gasteiger partial charge >= 0.3 is 0 Å². The molecule has 120 valence electrons.